The van der Waals surface area contributed by atoms with Crippen LogP contribution in [-0.2, 0) is 16.6 Å². The van der Waals surface area contributed by atoms with Crippen LogP contribution in [0, 0.1) is 5.41 Å². The Morgan fingerprint density at radius 2 is 1.90 bits per heavy atom. The highest BCUT2D eigenvalue weighted by Gasteiger charge is 2.48. The molecule has 7 heteroatoms. The molecule has 0 aromatic heterocycles. The highest BCUT2D eigenvalue weighted by Crippen LogP contribution is 2.45. The average Bonchev–Trinajstić information content (AvgIpc) is 2.88. The molecule has 0 heterocycles. The lowest BCUT2D eigenvalue weighted by atomic mass is 10.2. The van der Waals surface area contributed by atoms with E-state index < -0.39 is 10.0 Å². The molecule has 0 amide bonds. The topological polar surface area (TPSA) is 58.2 Å². The fraction of sp³-hybridized carbons (Fsp3) is 0.538. The molecule has 0 aliphatic heterocycles. The number of rotatable bonds is 5. The second-order valence-corrected chi connectivity index (χ2v) is 8.27. The normalized spacial score (nSPS) is 20.9. The quantitative estimate of drug-likeness (QED) is 0.869. The van der Waals surface area contributed by atoms with Crippen LogP contribution in [0.4, 0.5) is 0 Å². The number of nitrogens with one attached hydrogen (secondary N) is 2. The van der Waals surface area contributed by atoms with Gasteiger partial charge in [-0.2, -0.15) is 0 Å². The molecule has 1 aromatic carbocycles. The van der Waals surface area contributed by atoms with Crippen molar-refractivity contribution in [1.29, 1.82) is 0 Å². The Morgan fingerprint density at radius 1 is 1.30 bits per heavy atom. The second kappa shape index (κ2) is 5.46. The fourth-order valence-corrected chi connectivity index (χ4v) is 4.29. The molecule has 2 N–H and O–H groups in total. The third-order valence-electron chi connectivity index (χ3n) is 3.57. The molecule has 1 aliphatic carbocycles. The Morgan fingerprint density at radius 3 is 2.40 bits per heavy atom. The minimum Gasteiger partial charge on any atom is -0.316 e. The molecule has 0 radical (unpaired) electrons. The zero-order valence-corrected chi connectivity index (χ0v) is 14.0. The summed E-state index contributed by atoms with van der Waals surface area (Å²) in [4.78, 5) is 0.0801. The van der Waals surface area contributed by atoms with Crippen molar-refractivity contribution < 1.29 is 8.42 Å². The Bertz CT molecular complexity index is 630. The van der Waals surface area contributed by atoms with E-state index >= 15 is 0 Å². The molecular weight excluding hydrogens is 319 g/mol. The molecule has 112 valence electrons. The summed E-state index contributed by atoms with van der Waals surface area (Å²) >= 11 is 12.1. The van der Waals surface area contributed by atoms with E-state index in [4.69, 9.17) is 23.2 Å². The molecule has 2 rings (SSSR count). The van der Waals surface area contributed by atoms with Gasteiger partial charge in [-0.15, -0.1) is 0 Å². The van der Waals surface area contributed by atoms with Gasteiger partial charge in [0.1, 0.15) is 4.90 Å². The monoisotopic (exact) mass is 336 g/mol. The van der Waals surface area contributed by atoms with E-state index in [2.05, 4.69) is 10.0 Å². The van der Waals surface area contributed by atoms with Gasteiger partial charge >= 0.3 is 0 Å². The maximum absolute atomic E-state index is 12.4. The molecular formula is C13H18Cl2N2O2S. The summed E-state index contributed by atoms with van der Waals surface area (Å²) in [6.45, 7) is 4.53. The van der Waals surface area contributed by atoms with Gasteiger partial charge in [-0.3, -0.25) is 0 Å². The minimum atomic E-state index is -3.62. The SMILES string of the molecule is CNCc1cc(S(=O)(=O)NC2CC2(C)C)c(Cl)cc1Cl. The van der Waals surface area contributed by atoms with Crippen LogP contribution < -0.4 is 10.0 Å². The van der Waals surface area contributed by atoms with Gasteiger partial charge in [0.05, 0.1) is 5.02 Å². The van der Waals surface area contributed by atoms with E-state index in [9.17, 15) is 8.42 Å². The minimum absolute atomic E-state index is 0.0137. The zero-order chi connectivity index (χ0) is 15.1. The Hall–Kier alpha value is -0.330. The van der Waals surface area contributed by atoms with Crippen molar-refractivity contribution in [2.24, 2.45) is 5.41 Å². The molecule has 1 aromatic rings. The van der Waals surface area contributed by atoms with E-state index in [1.807, 2.05) is 13.8 Å². The second-order valence-electron chi connectivity index (χ2n) is 5.77. The van der Waals surface area contributed by atoms with Crippen molar-refractivity contribution in [2.45, 2.75) is 37.8 Å². The first-order chi connectivity index (χ1) is 9.17. The van der Waals surface area contributed by atoms with Gasteiger partial charge in [0.15, 0.2) is 0 Å². The lowest BCUT2D eigenvalue weighted by molar-refractivity contribution is 0.555. The summed E-state index contributed by atoms with van der Waals surface area (Å²) in [5, 5.41) is 3.54. The maximum atomic E-state index is 12.4. The van der Waals surface area contributed by atoms with Crippen LogP contribution >= 0.6 is 23.2 Å². The van der Waals surface area contributed by atoms with E-state index in [1.165, 1.54) is 12.1 Å². The van der Waals surface area contributed by atoms with Crippen LogP contribution in [0.15, 0.2) is 17.0 Å². The van der Waals surface area contributed by atoms with Crippen LogP contribution in [-0.4, -0.2) is 21.5 Å². The number of benzene rings is 1. The van der Waals surface area contributed by atoms with E-state index in [-0.39, 0.29) is 21.4 Å². The fourth-order valence-electron chi connectivity index (χ4n) is 2.02. The summed E-state index contributed by atoms with van der Waals surface area (Å²) in [5.74, 6) is 0. The Balaban J connectivity index is 2.33. The molecule has 20 heavy (non-hydrogen) atoms. The first-order valence-corrected chi connectivity index (χ1v) is 8.56. The summed E-state index contributed by atoms with van der Waals surface area (Å²) in [5.41, 5.74) is 0.716. The Labute approximate surface area is 129 Å². The van der Waals surface area contributed by atoms with E-state index in [0.29, 0.717) is 17.1 Å². The van der Waals surface area contributed by atoms with E-state index in [0.717, 1.165) is 6.42 Å². The van der Waals surface area contributed by atoms with Gasteiger partial charge in [0, 0.05) is 17.6 Å². The number of halogens is 2. The number of hydrogen-bond donors (Lipinski definition) is 2. The highest BCUT2D eigenvalue weighted by atomic mass is 35.5. The van der Waals surface area contributed by atoms with Crippen molar-refractivity contribution in [3.63, 3.8) is 0 Å². The molecule has 0 bridgehead atoms. The molecule has 1 saturated carbocycles. The van der Waals surface area contributed by atoms with Crippen LogP contribution in [0.25, 0.3) is 0 Å². The van der Waals surface area contributed by atoms with Crippen LogP contribution in [0.3, 0.4) is 0 Å². The lowest BCUT2D eigenvalue weighted by Gasteiger charge is -2.12. The molecule has 0 saturated heterocycles. The van der Waals surface area contributed by atoms with Crippen molar-refractivity contribution in [3.8, 4) is 0 Å². The molecule has 0 spiro atoms. The predicted molar refractivity (Wildman–Crippen MR) is 81.7 cm³/mol. The summed E-state index contributed by atoms with van der Waals surface area (Å²) < 4.78 is 27.5. The summed E-state index contributed by atoms with van der Waals surface area (Å²) in [6.07, 6.45) is 0.834. The van der Waals surface area contributed by atoms with Crippen molar-refractivity contribution in [3.05, 3.63) is 27.7 Å². The Kier molecular flexibility index (Phi) is 4.38. The van der Waals surface area contributed by atoms with Crippen LogP contribution in [0.5, 0.6) is 0 Å². The third kappa shape index (κ3) is 3.28. The van der Waals surface area contributed by atoms with E-state index in [1.54, 1.807) is 7.05 Å². The average molecular weight is 337 g/mol. The standard InChI is InChI=1S/C13H18Cl2N2O2S/c1-13(2)6-12(13)17-20(18,19)11-4-8(7-16-3)9(14)5-10(11)15/h4-5,12,16-17H,6-7H2,1-3H3. The molecule has 4 nitrogen and oxygen atoms in total. The maximum Gasteiger partial charge on any atom is 0.242 e. The molecule has 1 atom stereocenters. The predicted octanol–water partition coefficient (Wildman–Crippen LogP) is 2.79. The van der Waals surface area contributed by atoms with Crippen molar-refractivity contribution in [2.75, 3.05) is 7.05 Å². The smallest absolute Gasteiger partial charge is 0.242 e. The molecule has 1 aliphatic rings. The number of sulfonamides is 1. The van der Waals surface area contributed by atoms with Gasteiger partial charge < -0.3 is 5.32 Å². The van der Waals surface area contributed by atoms with Gasteiger partial charge in [0.2, 0.25) is 10.0 Å². The summed E-state index contributed by atoms with van der Waals surface area (Å²) in [7, 11) is -1.86. The molecule has 1 unspecified atom stereocenters. The van der Waals surface area contributed by atoms with Gasteiger partial charge in [-0.05, 0) is 36.6 Å². The first-order valence-electron chi connectivity index (χ1n) is 6.32. The van der Waals surface area contributed by atoms with Crippen molar-refractivity contribution in [1.82, 2.24) is 10.0 Å². The lowest BCUT2D eigenvalue weighted by Crippen LogP contribution is -2.29. The van der Waals surface area contributed by atoms with Crippen molar-refractivity contribution >= 4 is 33.2 Å². The van der Waals surface area contributed by atoms with Gasteiger partial charge in [-0.1, -0.05) is 37.0 Å². The van der Waals surface area contributed by atoms with Crippen LogP contribution in [0.1, 0.15) is 25.8 Å². The van der Waals surface area contributed by atoms with Gasteiger partial charge in [-0.25, -0.2) is 13.1 Å². The summed E-state index contributed by atoms with van der Waals surface area (Å²) in [6, 6.07) is 2.97. The zero-order valence-electron chi connectivity index (χ0n) is 11.6. The van der Waals surface area contributed by atoms with Gasteiger partial charge in [0.25, 0.3) is 0 Å². The van der Waals surface area contributed by atoms with Crippen LogP contribution in [0.2, 0.25) is 10.0 Å². The largest absolute Gasteiger partial charge is 0.316 e. The first kappa shape index (κ1) is 16.0. The number of hydrogen-bond acceptors (Lipinski definition) is 3. The molecule has 1 fully saturated rings. The third-order valence-corrected chi connectivity index (χ3v) is 5.86. The highest BCUT2D eigenvalue weighted by molar-refractivity contribution is 7.89.